The van der Waals surface area contributed by atoms with Crippen molar-refractivity contribution in [2.75, 3.05) is 0 Å². The van der Waals surface area contributed by atoms with Crippen molar-refractivity contribution in [2.24, 2.45) is 0 Å². The molecule has 0 aliphatic heterocycles. The van der Waals surface area contributed by atoms with Gasteiger partial charge < -0.3 is 4.74 Å². The van der Waals surface area contributed by atoms with E-state index in [4.69, 9.17) is 4.74 Å². The Balaban J connectivity index is 1.98. The van der Waals surface area contributed by atoms with Crippen LogP contribution < -0.4 is 0 Å². The van der Waals surface area contributed by atoms with Crippen LogP contribution in [-0.2, 0) is 22.9 Å². The largest absolute Gasteiger partial charge is 0.457 e. The van der Waals surface area contributed by atoms with Crippen LogP contribution in [0.25, 0.3) is 0 Å². The number of carbonyl (C=O) groups is 1. The topological polar surface area (TPSA) is 26.3 Å². The van der Waals surface area contributed by atoms with E-state index in [0.29, 0.717) is 11.1 Å². The predicted octanol–water partition coefficient (Wildman–Crippen LogP) is 5.36. The van der Waals surface area contributed by atoms with Crippen LogP contribution in [0.5, 0.6) is 0 Å². The van der Waals surface area contributed by atoms with Crippen LogP contribution in [0.2, 0.25) is 0 Å². The Labute approximate surface area is 139 Å². The molecule has 2 aromatic carbocycles. The van der Waals surface area contributed by atoms with Gasteiger partial charge in [0.2, 0.25) is 0 Å². The summed E-state index contributed by atoms with van der Waals surface area (Å²) in [6.07, 6.45) is -4.37. The zero-order valence-corrected chi connectivity index (χ0v) is 13.8. The molecule has 0 unspecified atom stereocenters. The third-order valence-electron chi connectivity index (χ3n) is 3.64. The highest BCUT2D eigenvalue weighted by molar-refractivity contribution is 5.89. The summed E-state index contributed by atoms with van der Waals surface area (Å²) >= 11 is 0. The van der Waals surface area contributed by atoms with Crippen molar-refractivity contribution in [2.45, 2.75) is 39.0 Å². The van der Waals surface area contributed by atoms with E-state index in [-0.39, 0.29) is 12.0 Å². The summed E-state index contributed by atoms with van der Waals surface area (Å²) in [5, 5.41) is 0. The fraction of sp³-hybridized carbons (Fsp3) is 0.316. The maximum absolute atomic E-state index is 12.5. The number of esters is 1. The lowest BCUT2D eigenvalue weighted by molar-refractivity contribution is -0.137. The Morgan fingerprint density at radius 1 is 0.875 bits per heavy atom. The number of halogens is 3. The fourth-order valence-electron chi connectivity index (χ4n) is 2.13. The number of carbonyl (C=O) groups excluding carboxylic acids is 1. The molecule has 0 radical (unpaired) electrons. The predicted molar refractivity (Wildman–Crippen MR) is 85.7 cm³/mol. The molecule has 2 aromatic rings. The van der Waals surface area contributed by atoms with Gasteiger partial charge in [-0.1, -0.05) is 45.0 Å². The van der Waals surface area contributed by atoms with Crippen molar-refractivity contribution in [3.63, 3.8) is 0 Å². The van der Waals surface area contributed by atoms with Crippen molar-refractivity contribution in [1.82, 2.24) is 0 Å². The third-order valence-corrected chi connectivity index (χ3v) is 3.64. The van der Waals surface area contributed by atoms with Gasteiger partial charge in [-0.3, -0.25) is 0 Å². The molecule has 128 valence electrons. The first-order valence-corrected chi connectivity index (χ1v) is 7.51. The molecule has 0 heterocycles. The Bertz CT molecular complexity index is 693. The zero-order chi connectivity index (χ0) is 18.0. The molecule has 2 nitrogen and oxygen atoms in total. The molecule has 0 saturated heterocycles. The van der Waals surface area contributed by atoms with Crippen LogP contribution in [0.3, 0.4) is 0 Å². The van der Waals surface area contributed by atoms with Gasteiger partial charge in [0.15, 0.2) is 0 Å². The monoisotopic (exact) mass is 336 g/mol. The molecule has 0 aromatic heterocycles. The van der Waals surface area contributed by atoms with Crippen LogP contribution >= 0.6 is 0 Å². The molecule has 0 bridgehead atoms. The van der Waals surface area contributed by atoms with Crippen LogP contribution in [0.4, 0.5) is 13.2 Å². The number of rotatable bonds is 3. The number of hydrogen-bond acceptors (Lipinski definition) is 2. The van der Waals surface area contributed by atoms with Crippen LogP contribution in [0.1, 0.15) is 47.8 Å². The Morgan fingerprint density at radius 3 is 1.83 bits per heavy atom. The number of alkyl halides is 3. The van der Waals surface area contributed by atoms with Crippen molar-refractivity contribution in [1.29, 1.82) is 0 Å². The molecule has 24 heavy (non-hydrogen) atoms. The second-order valence-electron chi connectivity index (χ2n) is 6.60. The SMILES string of the molecule is CC(C)(C)c1ccc(C(=O)OCc2ccc(C(F)(F)F)cc2)cc1. The summed E-state index contributed by atoms with van der Waals surface area (Å²) in [4.78, 5) is 12.0. The minimum absolute atomic E-state index is 0.0112. The average Bonchev–Trinajstić information content (AvgIpc) is 2.51. The number of hydrogen-bond donors (Lipinski definition) is 0. The van der Waals surface area contributed by atoms with Crippen LogP contribution in [-0.4, -0.2) is 5.97 Å². The van der Waals surface area contributed by atoms with Gasteiger partial charge in [-0.2, -0.15) is 13.2 Å². The van der Waals surface area contributed by atoms with Gasteiger partial charge in [-0.25, -0.2) is 4.79 Å². The molecule has 0 fully saturated rings. The molecule has 0 amide bonds. The highest BCUT2D eigenvalue weighted by Crippen LogP contribution is 2.29. The van der Waals surface area contributed by atoms with Crippen LogP contribution in [0, 0.1) is 0 Å². The lowest BCUT2D eigenvalue weighted by Gasteiger charge is -2.18. The first kappa shape index (κ1) is 18.0. The normalized spacial score (nSPS) is 12.1. The third kappa shape index (κ3) is 4.60. The van der Waals surface area contributed by atoms with Gasteiger partial charge >= 0.3 is 12.1 Å². The molecule has 0 saturated carbocycles. The molecule has 2 rings (SSSR count). The number of ether oxygens (including phenoxy) is 1. The highest BCUT2D eigenvalue weighted by Gasteiger charge is 2.29. The van der Waals surface area contributed by atoms with Gasteiger partial charge in [0.1, 0.15) is 6.61 Å². The van der Waals surface area contributed by atoms with E-state index >= 15 is 0 Å². The summed E-state index contributed by atoms with van der Waals surface area (Å²) in [6.45, 7) is 6.15. The van der Waals surface area contributed by atoms with E-state index in [2.05, 4.69) is 20.8 Å². The standard InChI is InChI=1S/C19H19F3O2/c1-18(2,3)15-10-6-14(7-11-15)17(23)24-12-13-4-8-16(9-5-13)19(20,21)22/h4-11H,12H2,1-3H3. The van der Waals surface area contributed by atoms with E-state index in [1.54, 1.807) is 12.1 Å². The van der Waals surface area contributed by atoms with E-state index in [9.17, 15) is 18.0 Å². The van der Waals surface area contributed by atoms with E-state index in [1.165, 1.54) is 12.1 Å². The summed E-state index contributed by atoms with van der Waals surface area (Å²) < 4.78 is 42.6. The average molecular weight is 336 g/mol. The first-order chi connectivity index (χ1) is 11.1. The van der Waals surface area contributed by atoms with Gasteiger partial charge in [0.05, 0.1) is 11.1 Å². The highest BCUT2D eigenvalue weighted by atomic mass is 19.4. The van der Waals surface area contributed by atoms with Crippen molar-refractivity contribution in [3.8, 4) is 0 Å². The lowest BCUT2D eigenvalue weighted by Crippen LogP contribution is -2.12. The van der Waals surface area contributed by atoms with E-state index in [1.807, 2.05) is 12.1 Å². The molecular weight excluding hydrogens is 317 g/mol. The van der Waals surface area contributed by atoms with Crippen molar-refractivity contribution in [3.05, 3.63) is 70.8 Å². The van der Waals surface area contributed by atoms with Crippen LogP contribution in [0.15, 0.2) is 48.5 Å². The Morgan fingerprint density at radius 2 is 1.38 bits per heavy atom. The summed E-state index contributed by atoms with van der Waals surface area (Å²) in [5.41, 5.74) is 1.28. The first-order valence-electron chi connectivity index (χ1n) is 7.51. The molecule has 0 aliphatic carbocycles. The molecule has 0 N–H and O–H groups in total. The van der Waals surface area contributed by atoms with Crippen molar-refractivity contribution < 1.29 is 22.7 Å². The quantitative estimate of drug-likeness (QED) is 0.705. The fourth-order valence-corrected chi connectivity index (χ4v) is 2.13. The maximum atomic E-state index is 12.5. The summed E-state index contributed by atoms with van der Waals surface area (Å²) in [5.74, 6) is -0.504. The van der Waals surface area contributed by atoms with E-state index < -0.39 is 17.7 Å². The minimum atomic E-state index is -4.37. The minimum Gasteiger partial charge on any atom is -0.457 e. The maximum Gasteiger partial charge on any atom is 0.416 e. The van der Waals surface area contributed by atoms with Gasteiger partial charge in [-0.15, -0.1) is 0 Å². The summed E-state index contributed by atoms with van der Waals surface area (Å²) in [6, 6.07) is 11.7. The number of benzene rings is 2. The Hall–Kier alpha value is -2.30. The Kier molecular flexibility index (Phi) is 5.02. The molecule has 0 aliphatic rings. The smallest absolute Gasteiger partial charge is 0.416 e. The molecular formula is C19H19F3O2. The van der Waals surface area contributed by atoms with E-state index in [0.717, 1.165) is 17.7 Å². The summed E-state index contributed by atoms with van der Waals surface area (Å²) in [7, 11) is 0. The second-order valence-corrected chi connectivity index (χ2v) is 6.60. The second kappa shape index (κ2) is 6.67. The zero-order valence-electron chi connectivity index (χ0n) is 13.8. The molecule has 0 atom stereocenters. The molecule has 0 spiro atoms. The van der Waals surface area contributed by atoms with Crippen molar-refractivity contribution >= 4 is 5.97 Å². The lowest BCUT2D eigenvalue weighted by atomic mass is 9.87. The van der Waals surface area contributed by atoms with Gasteiger partial charge in [0.25, 0.3) is 0 Å². The van der Waals surface area contributed by atoms with Gasteiger partial charge in [0, 0.05) is 0 Å². The van der Waals surface area contributed by atoms with Gasteiger partial charge in [-0.05, 0) is 40.8 Å². The molecule has 5 heteroatoms.